The highest BCUT2D eigenvalue weighted by molar-refractivity contribution is 6.00. The van der Waals surface area contributed by atoms with Gasteiger partial charge in [-0.05, 0) is 36.4 Å². The topological polar surface area (TPSA) is 80.1 Å². The molecule has 0 aliphatic carbocycles. The van der Waals surface area contributed by atoms with Gasteiger partial charge in [0.2, 0.25) is 11.8 Å². The van der Waals surface area contributed by atoms with Crippen molar-refractivity contribution in [2.45, 2.75) is 13.0 Å². The van der Waals surface area contributed by atoms with E-state index in [2.05, 4.69) is 15.4 Å². The minimum Gasteiger partial charge on any atom is -0.350 e. The second-order valence-corrected chi connectivity index (χ2v) is 6.99. The van der Waals surface area contributed by atoms with Crippen molar-refractivity contribution in [3.05, 3.63) is 66.4 Å². The van der Waals surface area contributed by atoms with Gasteiger partial charge in [0.15, 0.2) is 0 Å². The number of amides is 2. The van der Waals surface area contributed by atoms with Crippen LogP contribution in [0.15, 0.2) is 54.9 Å². The number of anilines is 1. The molecule has 2 aromatic heterocycles. The van der Waals surface area contributed by atoms with Crippen molar-refractivity contribution < 1.29 is 14.0 Å². The number of halogens is 1. The summed E-state index contributed by atoms with van der Waals surface area (Å²) in [7, 11) is 1.81. The highest BCUT2D eigenvalue weighted by atomic mass is 19.1. The molecule has 1 atom stereocenters. The molecule has 0 radical (unpaired) electrons. The Bertz CT molecular complexity index is 1050. The third kappa shape index (κ3) is 4.01. The summed E-state index contributed by atoms with van der Waals surface area (Å²) in [5.41, 5.74) is 2.98. The molecule has 1 unspecified atom stereocenters. The lowest BCUT2D eigenvalue weighted by Crippen LogP contribution is -2.33. The van der Waals surface area contributed by atoms with E-state index in [1.165, 1.54) is 17.0 Å². The number of nitrogens with zero attached hydrogens (tertiary/aromatic N) is 4. The molecule has 4 rings (SSSR count). The molecule has 1 aromatic carbocycles. The average molecular weight is 393 g/mol. The second kappa shape index (κ2) is 7.83. The number of aromatic nitrogens is 3. The van der Waals surface area contributed by atoms with Crippen LogP contribution in [0.3, 0.4) is 0 Å². The Morgan fingerprint density at radius 1 is 1.28 bits per heavy atom. The number of rotatable bonds is 5. The fourth-order valence-electron chi connectivity index (χ4n) is 3.43. The Balaban J connectivity index is 1.39. The van der Waals surface area contributed by atoms with Crippen LogP contribution in [0.5, 0.6) is 0 Å². The van der Waals surface area contributed by atoms with E-state index in [4.69, 9.17) is 0 Å². The summed E-state index contributed by atoms with van der Waals surface area (Å²) in [5.74, 6) is -1.28. The van der Waals surface area contributed by atoms with Crippen molar-refractivity contribution in [1.29, 1.82) is 0 Å². The molecule has 148 valence electrons. The van der Waals surface area contributed by atoms with Crippen molar-refractivity contribution in [3.63, 3.8) is 0 Å². The number of hydrogen-bond acceptors (Lipinski definition) is 4. The molecule has 8 heteroatoms. The lowest BCUT2D eigenvalue weighted by atomic mass is 10.1. The summed E-state index contributed by atoms with van der Waals surface area (Å²) < 4.78 is 15.2. The summed E-state index contributed by atoms with van der Waals surface area (Å²) in [6, 6.07) is 11.5. The molecule has 1 N–H and O–H groups in total. The first kappa shape index (κ1) is 18.8. The van der Waals surface area contributed by atoms with Gasteiger partial charge in [0.05, 0.1) is 23.9 Å². The monoisotopic (exact) mass is 393 g/mol. The Morgan fingerprint density at radius 2 is 2.14 bits per heavy atom. The van der Waals surface area contributed by atoms with E-state index in [0.29, 0.717) is 12.2 Å². The van der Waals surface area contributed by atoms with Crippen LogP contribution in [0.25, 0.3) is 11.3 Å². The molecule has 1 fully saturated rings. The largest absolute Gasteiger partial charge is 0.350 e. The molecule has 0 saturated carbocycles. The van der Waals surface area contributed by atoms with Crippen LogP contribution in [-0.4, -0.2) is 33.1 Å². The third-order valence-electron chi connectivity index (χ3n) is 4.99. The number of nitrogens with one attached hydrogen (secondary N) is 1. The summed E-state index contributed by atoms with van der Waals surface area (Å²) >= 11 is 0. The molecule has 0 spiro atoms. The van der Waals surface area contributed by atoms with E-state index in [9.17, 15) is 14.0 Å². The van der Waals surface area contributed by atoms with Gasteiger partial charge in [0.25, 0.3) is 0 Å². The van der Waals surface area contributed by atoms with Crippen LogP contribution in [-0.2, 0) is 23.2 Å². The van der Waals surface area contributed by atoms with Gasteiger partial charge in [-0.3, -0.25) is 19.3 Å². The maximum absolute atomic E-state index is 13.4. The van der Waals surface area contributed by atoms with Crippen molar-refractivity contribution >= 4 is 17.5 Å². The van der Waals surface area contributed by atoms with Crippen LogP contribution >= 0.6 is 0 Å². The number of pyridine rings is 1. The van der Waals surface area contributed by atoms with Gasteiger partial charge in [0, 0.05) is 43.7 Å². The summed E-state index contributed by atoms with van der Waals surface area (Å²) in [5, 5.41) is 7.34. The molecule has 3 heterocycles. The quantitative estimate of drug-likeness (QED) is 0.721. The van der Waals surface area contributed by atoms with Gasteiger partial charge in [-0.2, -0.15) is 5.10 Å². The third-order valence-corrected chi connectivity index (χ3v) is 4.99. The maximum Gasteiger partial charge on any atom is 0.227 e. The van der Waals surface area contributed by atoms with Crippen molar-refractivity contribution in [2.24, 2.45) is 13.0 Å². The lowest BCUT2D eigenvalue weighted by molar-refractivity contribution is -0.126. The van der Waals surface area contributed by atoms with Crippen LogP contribution in [0.1, 0.15) is 12.1 Å². The molecule has 0 bridgehead atoms. The molecule has 1 aliphatic rings. The molecule has 29 heavy (non-hydrogen) atoms. The Kier molecular flexibility index (Phi) is 5.07. The van der Waals surface area contributed by atoms with Crippen molar-refractivity contribution in [2.75, 3.05) is 11.4 Å². The van der Waals surface area contributed by atoms with E-state index in [0.717, 1.165) is 17.0 Å². The fraction of sp³-hybridized carbons (Fsp3) is 0.238. The SMILES string of the molecule is Cn1nc(-c2cccnc2)cc1CNC(=O)C1CC(=O)N(c2cccc(F)c2)C1. The van der Waals surface area contributed by atoms with Crippen LogP contribution in [0, 0.1) is 11.7 Å². The maximum atomic E-state index is 13.4. The van der Waals surface area contributed by atoms with E-state index in [-0.39, 0.29) is 24.8 Å². The first-order valence-corrected chi connectivity index (χ1v) is 9.28. The van der Waals surface area contributed by atoms with Crippen LogP contribution in [0.2, 0.25) is 0 Å². The Labute approximate surface area is 167 Å². The molecular weight excluding hydrogens is 373 g/mol. The van der Waals surface area contributed by atoms with E-state index in [1.807, 2.05) is 25.2 Å². The fourth-order valence-corrected chi connectivity index (χ4v) is 3.43. The molecule has 1 aliphatic heterocycles. The highest BCUT2D eigenvalue weighted by Gasteiger charge is 2.35. The predicted octanol–water partition coefficient (Wildman–Crippen LogP) is 2.29. The zero-order valence-electron chi connectivity index (χ0n) is 15.9. The zero-order valence-corrected chi connectivity index (χ0v) is 15.9. The standard InChI is InChI=1S/C21H20FN5O2/c1-26-18(10-19(25-26)14-4-3-7-23-11-14)12-24-21(29)15-8-20(28)27(13-15)17-6-2-5-16(22)9-17/h2-7,9-11,15H,8,12-13H2,1H3,(H,24,29). The van der Waals surface area contributed by atoms with E-state index in [1.54, 1.807) is 29.2 Å². The van der Waals surface area contributed by atoms with Gasteiger partial charge < -0.3 is 10.2 Å². The van der Waals surface area contributed by atoms with Crippen molar-refractivity contribution in [3.8, 4) is 11.3 Å². The number of aryl methyl sites for hydroxylation is 1. The van der Waals surface area contributed by atoms with Crippen LogP contribution < -0.4 is 10.2 Å². The van der Waals surface area contributed by atoms with Gasteiger partial charge in [-0.15, -0.1) is 0 Å². The smallest absolute Gasteiger partial charge is 0.227 e. The molecule has 1 saturated heterocycles. The summed E-state index contributed by atoms with van der Waals surface area (Å²) in [6.07, 6.45) is 3.54. The van der Waals surface area contributed by atoms with Crippen LogP contribution in [0.4, 0.5) is 10.1 Å². The summed E-state index contributed by atoms with van der Waals surface area (Å²) in [6.45, 7) is 0.535. The zero-order chi connectivity index (χ0) is 20.4. The summed E-state index contributed by atoms with van der Waals surface area (Å²) in [4.78, 5) is 30.4. The van der Waals surface area contributed by atoms with Crippen molar-refractivity contribution in [1.82, 2.24) is 20.1 Å². The van der Waals surface area contributed by atoms with Gasteiger partial charge >= 0.3 is 0 Å². The minimum atomic E-state index is -0.475. The first-order chi connectivity index (χ1) is 14.0. The minimum absolute atomic E-state index is 0.106. The van der Waals surface area contributed by atoms with Gasteiger partial charge in [-0.1, -0.05) is 6.07 Å². The van der Waals surface area contributed by atoms with E-state index < -0.39 is 11.7 Å². The number of hydrogen-bond donors (Lipinski definition) is 1. The number of carbonyl (C=O) groups is 2. The normalized spacial score (nSPS) is 16.3. The molecule has 7 nitrogen and oxygen atoms in total. The van der Waals surface area contributed by atoms with Gasteiger partial charge in [-0.25, -0.2) is 4.39 Å². The lowest BCUT2D eigenvalue weighted by Gasteiger charge is -2.16. The average Bonchev–Trinajstić information content (AvgIpc) is 3.29. The molecule has 2 amide bonds. The van der Waals surface area contributed by atoms with E-state index >= 15 is 0 Å². The number of carbonyl (C=O) groups excluding carboxylic acids is 2. The van der Waals surface area contributed by atoms with Gasteiger partial charge in [0.1, 0.15) is 5.82 Å². The molecule has 3 aromatic rings. The second-order valence-electron chi connectivity index (χ2n) is 6.99. The number of benzene rings is 1. The Morgan fingerprint density at radius 3 is 2.90 bits per heavy atom. The highest BCUT2D eigenvalue weighted by Crippen LogP contribution is 2.26. The Hall–Kier alpha value is -3.55. The first-order valence-electron chi connectivity index (χ1n) is 9.28. The molecular formula is C21H20FN5O2. The predicted molar refractivity (Wildman–Crippen MR) is 105 cm³/mol.